The van der Waals surface area contributed by atoms with Crippen LogP contribution in [0.3, 0.4) is 0 Å². The van der Waals surface area contributed by atoms with Crippen LogP contribution in [0.1, 0.15) is 5.56 Å². The zero-order valence-corrected chi connectivity index (χ0v) is 14.5. The van der Waals surface area contributed by atoms with Crippen molar-refractivity contribution in [2.75, 3.05) is 37.6 Å². The summed E-state index contributed by atoms with van der Waals surface area (Å²) in [5.74, 6) is 0. The van der Waals surface area contributed by atoms with E-state index >= 15 is 0 Å². The number of halogens is 2. The van der Waals surface area contributed by atoms with Crippen LogP contribution in [0.25, 0.3) is 6.08 Å². The van der Waals surface area contributed by atoms with Crippen molar-refractivity contribution in [3.05, 3.63) is 70.2 Å². The Morgan fingerprint density at radius 2 is 1.65 bits per heavy atom. The summed E-state index contributed by atoms with van der Waals surface area (Å²) in [5.41, 5.74) is 2.30. The van der Waals surface area contributed by atoms with E-state index in [1.54, 1.807) is 0 Å². The Hall–Kier alpha value is -1.48. The highest BCUT2D eigenvalue weighted by Gasteiger charge is 2.21. The highest BCUT2D eigenvalue weighted by Crippen LogP contribution is 2.24. The summed E-state index contributed by atoms with van der Waals surface area (Å²) in [5, 5.41) is 1.75. The van der Waals surface area contributed by atoms with E-state index in [1.165, 1.54) is 4.90 Å². The molecule has 0 spiro atoms. The van der Waals surface area contributed by atoms with Gasteiger partial charge in [-0.15, -0.1) is 0 Å². The summed E-state index contributed by atoms with van der Waals surface area (Å²) < 4.78 is 0. The van der Waals surface area contributed by atoms with E-state index in [-0.39, 0.29) is 0 Å². The van der Waals surface area contributed by atoms with Crippen molar-refractivity contribution in [2.24, 2.45) is 0 Å². The maximum Gasteiger partial charge on any atom is 0.114 e. The number of anilines is 1. The number of nitrogens with zero attached hydrogens (tertiary/aromatic N) is 1. The van der Waals surface area contributed by atoms with Crippen LogP contribution in [0, 0.1) is 0 Å². The number of quaternary nitrogens is 1. The number of hydrogen-bond donors (Lipinski definition) is 1. The second kappa shape index (κ2) is 7.87. The zero-order chi connectivity index (χ0) is 16.1. The molecule has 2 aromatic rings. The minimum Gasteiger partial charge on any atom is -0.359 e. The molecule has 1 fully saturated rings. The summed E-state index contributed by atoms with van der Waals surface area (Å²) in [6.07, 6.45) is 2.06. The van der Waals surface area contributed by atoms with Gasteiger partial charge in [0.25, 0.3) is 0 Å². The molecular weight excluding hydrogens is 327 g/mol. The number of benzene rings is 2. The molecule has 1 N–H and O–H groups in total. The molecule has 1 heterocycles. The predicted octanol–water partition coefficient (Wildman–Crippen LogP) is 3.32. The molecule has 23 heavy (non-hydrogen) atoms. The Labute approximate surface area is 147 Å². The largest absolute Gasteiger partial charge is 0.359 e. The summed E-state index contributed by atoms with van der Waals surface area (Å²) in [6.45, 7) is 5.05. The van der Waals surface area contributed by atoms with Gasteiger partial charge in [0.15, 0.2) is 0 Å². The van der Waals surface area contributed by atoms with Crippen LogP contribution < -0.4 is 9.80 Å². The molecule has 0 bridgehead atoms. The Morgan fingerprint density at radius 1 is 1.00 bits per heavy atom. The first-order valence-electron chi connectivity index (χ1n) is 7.96. The molecule has 2 aromatic carbocycles. The highest BCUT2D eigenvalue weighted by atomic mass is 35.5. The van der Waals surface area contributed by atoms with Crippen molar-refractivity contribution in [3.63, 3.8) is 0 Å². The average molecular weight is 348 g/mol. The second-order valence-electron chi connectivity index (χ2n) is 5.87. The third-order valence-corrected chi connectivity index (χ3v) is 4.77. The van der Waals surface area contributed by atoms with Crippen molar-refractivity contribution in [1.82, 2.24) is 0 Å². The molecule has 1 aliphatic heterocycles. The highest BCUT2D eigenvalue weighted by molar-refractivity contribution is 6.33. The number of para-hydroxylation sites is 1. The normalized spacial score (nSPS) is 16.6. The number of piperazine rings is 1. The van der Waals surface area contributed by atoms with Crippen molar-refractivity contribution in [2.45, 2.75) is 0 Å². The van der Waals surface area contributed by atoms with Gasteiger partial charge in [-0.05, 0) is 23.8 Å². The molecule has 0 amide bonds. The lowest BCUT2D eigenvalue weighted by atomic mass is 10.2. The van der Waals surface area contributed by atoms with Gasteiger partial charge in [0.1, 0.15) is 6.54 Å². The van der Waals surface area contributed by atoms with Gasteiger partial charge in [-0.3, -0.25) is 0 Å². The average Bonchev–Trinajstić information content (AvgIpc) is 2.57. The molecular formula is C19H21Cl2N2+. The smallest absolute Gasteiger partial charge is 0.114 e. The molecule has 0 aromatic heterocycles. The van der Waals surface area contributed by atoms with Crippen LogP contribution in [-0.4, -0.2) is 32.7 Å². The van der Waals surface area contributed by atoms with Crippen LogP contribution in [-0.2, 0) is 0 Å². The van der Waals surface area contributed by atoms with E-state index in [2.05, 4.69) is 29.2 Å². The van der Waals surface area contributed by atoms with Gasteiger partial charge in [-0.25, -0.2) is 0 Å². The van der Waals surface area contributed by atoms with Crippen molar-refractivity contribution >= 4 is 35.0 Å². The predicted molar refractivity (Wildman–Crippen MR) is 99.5 cm³/mol. The number of rotatable bonds is 4. The first-order valence-corrected chi connectivity index (χ1v) is 8.72. The lowest BCUT2D eigenvalue weighted by Gasteiger charge is -2.34. The molecule has 0 atom stereocenters. The molecule has 1 aliphatic rings. The lowest BCUT2D eigenvalue weighted by Crippen LogP contribution is -3.15. The SMILES string of the molecule is Cl/C(=C\c1ccccc1)C[NH+]1CCN(c2ccccc2Cl)CC1. The van der Waals surface area contributed by atoms with Crippen molar-refractivity contribution in [3.8, 4) is 0 Å². The minimum absolute atomic E-state index is 0.831. The van der Waals surface area contributed by atoms with Crippen molar-refractivity contribution in [1.29, 1.82) is 0 Å². The summed E-state index contributed by atoms with van der Waals surface area (Å²) in [6, 6.07) is 18.3. The maximum atomic E-state index is 6.43. The first-order chi connectivity index (χ1) is 11.2. The van der Waals surface area contributed by atoms with E-state index in [0.29, 0.717) is 0 Å². The maximum absolute atomic E-state index is 6.43. The fourth-order valence-electron chi connectivity index (χ4n) is 2.97. The van der Waals surface area contributed by atoms with E-state index in [9.17, 15) is 0 Å². The summed E-state index contributed by atoms with van der Waals surface area (Å²) in [4.78, 5) is 3.88. The number of nitrogens with one attached hydrogen (secondary N) is 1. The van der Waals surface area contributed by atoms with Crippen LogP contribution >= 0.6 is 23.2 Å². The Bertz CT molecular complexity index is 662. The standard InChI is InChI=1S/C19H20Cl2N2/c20-17(14-16-6-2-1-3-7-16)15-22-10-12-23(13-11-22)19-9-5-4-8-18(19)21/h1-9,14H,10-13,15H2/p+1/b17-14-. The van der Waals surface area contributed by atoms with Gasteiger partial charge in [0.2, 0.25) is 0 Å². The lowest BCUT2D eigenvalue weighted by molar-refractivity contribution is -0.895. The quantitative estimate of drug-likeness (QED) is 0.891. The van der Waals surface area contributed by atoms with Crippen LogP contribution in [0.4, 0.5) is 5.69 Å². The van der Waals surface area contributed by atoms with E-state index < -0.39 is 0 Å². The molecule has 120 valence electrons. The van der Waals surface area contributed by atoms with Crippen LogP contribution in [0.2, 0.25) is 5.02 Å². The third kappa shape index (κ3) is 4.51. The molecule has 0 saturated carbocycles. The fourth-order valence-corrected chi connectivity index (χ4v) is 3.54. The van der Waals surface area contributed by atoms with Gasteiger partial charge in [0, 0.05) is 0 Å². The van der Waals surface area contributed by atoms with Gasteiger partial charge in [0.05, 0.1) is 41.9 Å². The molecule has 0 radical (unpaired) electrons. The van der Waals surface area contributed by atoms with E-state index in [0.717, 1.165) is 54.0 Å². The fraction of sp³-hybridized carbons (Fsp3) is 0.263. The van der Waals surface area contributed by atoms with E-state index in [1.807, 2.05) is 36.4 Å². The molecule has 3 rings (SSSR count). The van der Waals surface area contributed by atoms with Crippen LogP contribution in [0.15, 0.2) is 59.6 Å². The molecule has 2 nitrogen and oxygen atoms in total. The first kappa shape index (κ1) is 16.4. The zero-order valence-electron chi connectivity index (χ0n) is 13.0. The van der Waals surface area contributed by atoms with Crippen LogP contribution in [0.5, 0.6) is 0 Å². The monoisotopic (exact) mass is 347 g/mol. The van der Waals surface area contributed by atoms with Gasteiger partial charge in [-0.2, -0.15) is 0 Å². The van der Waals surface area contributed by atoms with Gasteiger partial charge < -0.3 is 9.80 Å². The number of hydrogen-bond acceptors (Lipinski definition) is 1. The van der Waals surface area contributed by atoms with Gasteiger partial charge >= 0.3 is 0 Å². The summed E-state index contributed by atoms with van der Waals surface area (Å²) >= 11 is 12.7. The van der Waals surface area contributed by atoms with Crippen molar-refractivity contribution < 1.29 is 4.90 Å². The molecule has 4 heteroatoms. The Morgan fingerprint density at radius 3 is 2.35 bits per heavy atom. The second-order valence-corrected chi connectivity index (χ2v) is 6.76. The Kier molecular flexibility index (Phi) is 5.60. The molecule has 0 unspecified atom stereocenters. The minimum atomic E-state index is 0.831. The topological polar surface area (TPSA) is 7.68 Å². The summed E-state index contributed by atoms with van der Waals surface area (Å²) in [7, 11) is 0. The third-order valence-electron chi connectivity index (χ3n) is 4.21. The van der Waals surface area contributed by atoms with Gasteiger partial charge in [-0.1, -0.05) is 65.7 Å². The molecule has 0 aliphatic carbocycles. The van der Waals surface area contributed by atoms with E-state index in [4.69, 9.17) is 23.2 Å². The Balaban J connectivity index is 1.55. The molecule has 1 saturated heterocycles.